The second kappa shape index (κ2) is 10.2. The van der Waals surface area contributed by atoms with Gasteiger partial charge in [-0.3, -0.25) is 14.3 Å². The van der Waals surface area contributed by atoms with Crippen LogP contribution in [0.2, 0.25) is 0 Å². The fourth-order valence-corrected chi connectivity index (χ4v) is 3.30. The highest BCUT2D eigenvalue weighted by Crippen LogP contribution is 2.28. The van der Waals surface area contributed by atoms with E-state index in [1.54, 1.807) is 31.2 Å². The van der Waals surface area contributed by atoms with Gasteiger partial charge in [-0.05, 0) is 43.3 Å². The summed E-state index contributed by atoms with van der Waals surface area (Å²) in [6, 6.07) is 15.6. The predicted molar refractivity (Wildman–Crippen MR) is 120 cm³/mol. The van der Waals surface area contributed by atoms with E-state index in [0.717, 1.165) is 0 Å². The number of aliphatic hydroxyl groups excluding tert-OH is 1. The van der Waals surface area contributed by atoms with E-state index in [9.17, 15) is 19.5 Å². The summed E-state index contributed by atoms with van der Waals surface area (Å²) < 4.78 is 17.0. The van der Waals surface area contributed by atoms with Gasteiger partial charge in [-0.25, -0.2) is 9.59 Å². The number of carbonyl (C=O) groups excluding carboxylic acids is 1. The maximum Gasteiger partial charge on any atom is 0.513 e. The number of H-pyrrole nitrogens is 1. The third-order valence-corrected chi connectivity index (χ3v) is 5.10. The van der Waals surface area contributed by atoms with Crippen LogP contribution in [-0.2, 0) is 9.47 Å². The van der Waals surface area contributed by atoms with Crippen LogP contribution in [-0.4, -0.2) is 39.6 Å². The molecule has 4 rings (SSSR count). The highest BCUT2D eigenvalue weighted by atomic mass is 16.7. The highest BCUT2D eigenvalue weighted by molar-refractivity contribution is 5.64. The summed E-state index contributed by atoms with van der Waals surface area (Å²) in [5.41, 5.74) is 0.472. The van der Waals surface area contributed by atoms with Crippen molar-refractivity contribution in [2.75, 3.05) is 6.61 Å². The molecule has 3 atom stereocenters. The number of hydrogen-bond donors (Lipinski definition) is 2. The van der Waals surface area contributed by atoms with Gasteiger partial charge in [-0.2, -0.15) is 10.2 Å². The molecule has 0 spiro atoms. The molecule has 2 N–H and O–H groups in total. The lowest BCUT2D eigenvalue weighted by Gasteiger charge is -2.16. The minimum absolute atomic E-state index is 0.0907. The van der Waals surface area contributed by atoms with Crippen molar-refractivity contribution in [3.8, 4) is 5.75 Å². The molecule has 2 heterocycles. The van der Waals surface area contributed by atoms with Crippen molar-refractivity contribution in [1.82, 2.24) is 9.55 Å². The Morgan fingerprint density at radius 2 is 1.79 bits per heavy atom. The van der Waals surface area contributed by atoms with Crippen LogP contribution in [0.3, 0.4) is 0 Å². The lowest BCUT2D eigenvalue weighted by atomic mass is 10.2. The minimum atomic E-state index is -0.980. The van der Waals surface area contributed by atoms with Gasteiger partial charge < -0.3 is 19.3 Å². The Hall–Kier alpha value is -4.09. The second-order valence-corrected chi connectivity index (χ2v) is 7.60. The minimum Gasteiger partial charge on any atom is -0.431 e. The molecule has 176 valence electrons. The summed E-state index contributed by atoms with van der Waals surface area (Å²) in [6.07, 6.45) is -2.18. The van der Waals surface area contributed by atoms with E-state index < -0.39 is 35.8 Å². The number of benzene rings is 2. The SMILES string of the molecule is Cc1cn([C@H]2C[C@H](O)[C@@H](COC(=O)Oc3ccc(N=Nc4ccccc4)cc3)O2)c(=O)[nH]c1=O. The van der Waals surface area contributed by atoms with E-state index in [1.807, 2.05) is 30.3 Å². The zero-order valence-electron chi connectivity index (χ0n) is 18.2. The van der Waals surface area contributed by atoms with E-state index in [2.05, 4.69) is 15.2 Å². The van der Waals surface area contributed by atoms with E-state index in [1.165, 1.54) is 10.8 Å². The average molecular weight is 466 g/mol. The number of carbonyl (C=O) groups is 1. The molecule has 11 heteroatoms. The lowest BCUT2D eigenvalue weighted by Crippen LogP contribution is -2.33. The van der Waals surface area contributed by atoms with Crippen LogP contribution >= 0.6 is 0 Å². The normalized spacial score (nSPS) is 19.9. The van der Waals surface area contributed by atoms with Gasteiger partial charge in [0.2, 0.25) is 0 Å². The van der Waals surface area contributed by atoms with Crippen molar-refractivity contribution in [1.29, 1.82) is 0 Å². The van der Waals surface area contributed by atoms with Crippen molar-refractivity contribution in [3.05, 3.63) is 87.2 Å². The first-order valence-electron chi connectivity index (χ1n) is 10.5. The van der Waals surface area contributed by atoms with Gasteiger partial charge in [0.1, 0.15) is 24.7 Å². The molecule has 1 saturated heterocycles. The molecule has 11 nitrogen and oxygen atoms in total. The van der Waals surface area contributed by atoms with E-state index in [0.29, 0.717) is 16.9 Å². The molecule has 3 aromatic rings. The standard InChI is InChI=1S/C23H22N4O7/c1-14-12-27(22(30)24-21(14)29)20-11-18(28)19(34-20)13-32-23(31)33-17-9-7-16(8-10-17)26-25-15-5-3-2-4-6-15/h2-10,12,18-20,28H,11,13H2,1H3,(H,24,29,30)/t18-,19+,20+/m0/s1. The lowest BCUT2D eigenvalue weighted by molar-refractivity contribution is -0.0537. The fraction of sp³-hybridized carbons (Fsp3) is 0.261. The summed E-state index contributed by atoms with van der Waals surface area (Å²) in [5.74, 6) is 0.240. The van der Waals surface area contributed by atoms with Crippen LogP contribution < -0.4 is 16.0 Å². The molecule has 1 aliphatic rings. The number of aliphatic hydroxyl groups is 1. The first kappa shape index (κ1) is 23.1. The fourth-order valence-electron chi connectivity index (χ4n) is 3.30. The number of nitrogens with one attached hydrogen (secondary N) is 1. The van der Waals surface area contributed by atoms with Crippen molar-refractivity contribution in [3.63, 3.8) is 0 Å². The zero-order valence-corrected chi connectivity index (χ0v) is 18.2. The smallest absolute Gasteiger partial charge is 0.431 e. The van der Waals surface area contributed by atoms with Crippen LogP contribution in [0.4, 0.5) is 16.2 Å². The van der Waals surface area contributed by atoms with Crippen LogP contribution in [0.15, 0.2) is 80.6 Å². The van der Waals surface area contributed by atoms with Crippen molar-refractivity contribution < 1.29 is 24.1 Å². The summed E-state index contributed by atoms with van der Waals surface area (Å²) in [7, 11) is 0. The Bertz CT molecular complexity index is 1290. The number of aryl methyl sites for hydroxylation is 1. The maximum absolute atomic E-state index is 12.0. The number of nitrogens with zero attached hydrogens (tertiary/aromatic N) is 3. The van der Waals surface area contributed by atoms with Gasteiger partial charge in [-0.15, -0.1) is 0 Å². The second-order valence-electron chi connectivity index (χ2n) is 7.60. The number of ether oxygens (including phenoxy) is 3. The number of azo groups is 1. The molecular formula is C23H22N4O7. The summed E-state index contributed by atoms with van der Waals surface area (Å²) in [6.45, 7) is 1.27. The Balaban J connectivity index is 1.28. The Morgan fingerprint density at radius 1 is 1.12 bits per heavy atom. The third kappa shape index (κ3) is 5.63. The molecule has 1 fully saturated rings. The van der Waals surface area contributed by atoms with Gasteiger partial charge >= 0.3 is 11.8 Å². The zero-order chi connectivity index (χ0) is 24.1. The van der Waals surface area contributed by atoms with Crippen LogP contribution in [0, 0.1) is 6.92 Å². The third-order valence-electron chi connectivity index (χ3n) is 5.10. The summed E-state index contributed by atoms with van der Waals surface area (Å²) >= 11 is 0. The molecule has 0 amide bonds. The summed E-state index contributed by atoms with van der Waals surface area (Å²) in [4.78, 5) is 37.8. The van der Waals surface area contributed by atoms with Crippen LogP contribution in [0.1, 0.15) is 18.2 Å². The molecule has 0 aliphatic carbocycles. The molecule has 34 heavy (non-hydrogen) atoms. The Kier molecular flexibility index (Phi) is 6.95. The average Bonchev–Trinajstić information content (AvgIpc) is 3.20. The Morgan fingerprint density at radius 3 is 2.50 bits per heavy atom. The van der Waals surface area contributed by atoms with Crippen molar-refractivity contribution in [2.45, 2.75) is 31.8 Å². The quantitative estimate of drug-likeness (QED) is 0.322. The van der Waals surface area contributed by atoms with Crippen LogP contribution in [0.5, 0.6) is 5.75 Å². The van der Waals surface area contributed by atoms with Gasteiger partial charge in [0.15, 0.2) is 0 Å². The monoisotopic (exact) mass is 466 g/mol. The highest BCUT2D eigenvalue weighted by Gasteiger charge is 2.36. The number of aromatic amines is 1. The van der Waals surface area contributed by atoms with Crippen molar-refractivity contribution in [2.24, 2.45) is 10.2 Å². The van der Waals surface area contributed by atoms with Crippen LogP contribution in [0.25, 0.3) is 0 Å². The van der Waals surface area contributed by atoms with E-state index in [-0.39, 0.29) is 18.8 Å². The van der Waals surface area contributed by atoms with Crippen molar-refractivity contribution >= 4 is 17.5 Å². The number of aromatic nitrogens is 2. The van der Waals surface area contributed by atoms with Gasteiger partial charge in [0.05, 0.1) is 17.5 Å². The first-order valence-corrected chi connectivity index (χ1v) is 10.5. The topological polar surface area (TPSA) is 145 Å². The molecule has 1 aromatic heterocycles. The number of hydrogen-bond acceptors (Lipinski definition) is 9. The first-order chi connectivity index (χ1) is 16.4. The van der Waals surface area contributed by atoms with Gasteiger partial charge in [0, 0.05) is 18.2 Å². The predicted octanol–water partition coefficient (Wildman–Crippen LogP) is 3.12. The molecule has 2 aromatic carbocycles. The summed E-state index contributed by atoms with van der Waals surface area (Å²) in [5, 5.41) is 18.5. The Labute approximate surface area is 193 Å². The van der Waals surface area contributed by atoms with Gasteiger partial charge in [0.25, 0.3) is 5.56 Å². The number of rotatable bonds is 6. The van der Waals surface area contributed by atoms with E-state index >= 15 is 0 Å². The molecule has 0 saturated carbocycles. The largest absolute Gasteiger partial charge is 0.513 e. The molecule has 1 aliphatic heterocycles. The molecule has 0 unspecified atom stereocenters. The maximum atomic E-state index is 12.0. The molecule has 0 radical (unpaired) electrons. The molecule has 0 bridgehead atoms. The van der Waals surface area contributed by atoms with Gasteiger partial charge in [-0.1, -0.05) is 18.2 Å². The molecular weight excluding hydrogens is 444 g/mol. The van der Waals surface area contributed by atoms with E-state index in [4.69, 9.17) is 14.2 Å².